The maximum Gasteiger partial charge on any atom is 0.405 e. The zero-order valence-corrected chi connectivity index (χ0v) is 10.6. The van der Waals surface area contributed by atoms with Crippen LogP contribution >= 0.6 is 0 Å². The Morgan fingerprint density at radius 2 is 1.89 bits per heavy atom. The minimum absolute atomic E-state index is 0.0152. The highest BCUT2D eigenvalue weighted by Gasteiger charge is 2.29. The first kappa shape index (κ1) is 15.1. The lowest BCUT2D eigenvalue weighted by Gasteiger charge is -2.30. The average Bonchev–Trinajstić information content (AvgIpc) is 2.33. The minimum Gasteiger partial charge on any atom is -0.335 e. The molecule has 1 fully saturated rings. The second-order valence-corrected chi connectivity index (χ2v) is 4.86. The van der Waals surface area contributed by atoms with Gasteiger partial charge in [-0.3, -0.25) is 0 Å². The van der Waals surface area contributed by atoms with Crippen LogP contribution in [0.25, 0.3) is 0 Å². The van der Waals surface area contributed by atoms with E-state index in [0.717, 1.165) is 32.1 Å². The number of carbonyl (C=O) groups is 1. The summed E-state index contributed by atoms with van der Waals surface area (Å²) < 4.78 is 35.8. The first-order chi connectivity index (χ1) is 8.42. The number of amides is 2. The van der Waals surface area contributed by atoms with Crippen LogP contribution in [0.1, 0.15) is 45.4 Å². The van der Waals surface area contributed by atoms with Crippen molar-refractivity contribution in [3.8, 4) is 0 Å². The van der Waals surface area contributed by atoms with Crippen molar-refractivity contribution in [2.24, 2.45) is 5.92 Å². The van der Waals surface area contributed by atoms with Gasteiger partial charge in [-0.25, -0.2) is 4.79 Å². The van der Waals surface area contributed by atoms with Gasteiger partial charge in [0.05, 0.1) is 0 Å². The van der Waals surface area contributed by atoms with Crippen molar-refractivity contribution in [2.75, 3.05) is 6.54 Å². The highest BCUT2D eigenvalue weighted by atomic mass is 19.4. The van der Waals surface area contributed by atoms with Crippen LogP contribution < -0.4 is 10.6 Å². The van der Waals surface area contributed by atoms with E-state index in [1.165, 1.54) is 6.42 Å². The Labute approximate surface area is 106 Å². The molecule has 0 bridgehead atoms. The molecular weight excluding hydrogens is 245 g/mol. The van der Waals surface area contributed by atoms with Crippen LogP contribution in [-0.4, -0.2) is 24.8 Å². The van der Waals surface area contributed by atoms with E-state index >= 15 is 0 Å². The van der Waals surface area contributed by atoms with Crippen molar-refractivity contribution in [1.29, 1.82) is 0 Å². The number of halogens is 3. The van der Waals surface area contributed by atoms with Gasteiger partial charge in [0, 0.05) is 6.04 Å². The lowest BCUT2D eigenvalue weighted by molar-refractivity contribution is -0.122. The summed E-state index contributed by atoms with van der Waals surface area (Å²) in [4.78, 5) is 11.4. The Kier molecular flexibility index (Phi) is 5.75. The Morgan fingerprint density at radius 3 is 2.39 bits per heavy atom. The molecule has 0 aliphatic heterocycles. The molecule has 1 aliphatic rings. The molecule has 18 heavy (non-hydrogen) atoms. The van der Waals surface area contributed by atoms with E-state index in [9.17, 15) is 18.0 Å². The highest BCUT2D eigenvalue weighted by Crippen LogP contribution is 2.27. The third-order valence-electron chi connectivity index (χ3n) is 3.42. The number of hydrogen-bond donors (Lipinski definition) is 2. The van der Waals surface area contributed by atoms with Crippen LogP contribution in [0.5, 0.6) is 0 Å². The van der Waals surface area contributed by atoms with Gasteiger partial charge >= 0.3 is 12.2 Å². The normalized spacial score (nSPS) is 19.3. The van der Waals surface area contributed by atoms with Crippen molar-refractivity contribution in [3.63, 3.8) is 0 Å². The fourth-order valence-corrected chi connectivity index (χ4v) is 2.49. The molecule has 1 saturated carbocycles. The molecule has 1 atom stereocenters. The number of carbonyl (C=O) groups excluding carboxylic acids is 1. The van der Waals surface area contributed by atoms with Crippen molar-refractivity contribution < 1.29 is 18.0 Å². The van der Waals surface area contributed by atoms with Crippen LogP contribution in [0.4, 0.5) is 18.0 Å². The summed E-state index contributed by atoms with van der Waals surface area (Å²) in [5.41, 5.74) is 0. The smallest absolute Gasteiger partial charge is 0.335 e. The molecule has 1 aliphatic carbocycles. The molecule has 0 radical (unpaired) electrons. The molecule has 1 rings (SSSR count). The Balaban J connectivity index is 2.35. The van der Waals surface area contributed by atoms with Gasteiger partial charge in [-0.05, 0) is 25.2 Å². The lowest BCUT2D eigenvalue weighted by atomic mass is 9.83. The lowest BCUT2D eigenvalue weighted by Crippen LogP contribution is -2.47. The topological polar surface area (TPSA) is 41.1 Å². The molecule has 3 nitrogen and oxygen atoms in total. The maximum atomic E-state index is 11.9. The molecule has 0 saturated heterocycles. The van der Waals surface area contributed by atoms with Crippen LogP contribution in [0.3, 0.4) is 0 Å². The highest BCUT2D eigenvalue weighted by molar-refractivity contribution is 5.74. The number of nitrogens with one attached hydrogen (secondary N) is 2. The molecule has 0 aromatic carbocycles. The predicted octanol–water partition coefficient (Wildman–Crippen LogP) is 3.21. The molecule has 0 heterocycles. The minimum atomic E-state index is -4.36. The van der Waals surface area contributed by atoms with E-state index in [1.807, 2.05) is 12.2 Å². The van der Waals surface area contributed by atoms with Gasteiger partial charge in [0.2, 0.25) is 0 Å². The second-order valence-electron chi connectivity index (χ2n) is 4.86. The molecule has 1 unspecified atom stereocenters. The van der Waals surface area contributed by atoms with Gasteiger partial charge in [0.15, 0.2) is 0 Å². The Morgan fingerprint density at radius 1 is 1.28 bits per heavy atom. The molecule has 106 valence electrons. The van der Waals surface area contributed by atoms with Gasteiger partial charge in [0.25, 0.3) is 0 Å². The summed E-state index contributed by atoms with van der Waals surface area (Å²) in [5.74, 6) is 0.403. The largest absolute Gasteiger partial charge is 0.405 e. The predicted molar refractivity (Wildman–Crippen MR) is 63.2 cm³/mol. The average molecular weight is 266 g/mol. The second kappa shape index (κ2) is 6.85. The van der Waals surface area contributed by atoms with E-state index in [0.29, 0.717) is 5.92 Å². The number of urea groups is 1. The van der Waals surface area contributed by atoms with Crippen molar-refractivity contribution in [2.45, 2.75) is 57.7 Å². The first-order valence-corrected chi connectivity index (χ1v) is 6.53. The van der Waals surface area contributed by atoms with E-state index < -0.39 is 18.8 Å². The summed E-state index contributed by atoms with van der Waals surface area (Å²) in [6, 6.07) is -0.733. The van der Waals surface area contributed by atoms with Gasteiger partial charge in [-0.15, -0.1) is 0 Å². The van der Waals surface area contributed by atoms with E-state index in [-0.39, 0.29) is 6.04 Å². The van der Waals surface area contributed by atoms with Crippen LogP contribution in [0, 0.1) is 5.92 Å². The van der Waals surface area contributed by atoms with Gasteiger partial charge in [-0.1, -0.05) is 26.2 Å². The van der Waals surface area contributed by atoms with Crippen molar-refractivity contribution in [3.05, 3.63) is 0 Å². The van der Waals surface area contributed by atoms with Crippen LogP contribution in [0.15, 0.2) is 0 Å². The van der Waals surface area contributed by atoms with Crippen molar-refractivity contribution in [1.82, 2.24) is 10.6 Å². The number of hydrogen-bond acceptors (Lipinski definition) is 1. The fourth-order valence-electron chi connectivity index (χ4n) is 2.49. The zero-order valence-electron chi connectivity index (χ0n) is 10.6. The summed E-state index contributed by atoms with van der Waals surface area (Å²) in [6.07, 6.45) is 2.01. The van der Waals surface area contributed by atoms with E-state index in [2.05, 4.69) is 5.32 Å². The quantitative estimate of drug-likeness (QED) is 0.806. The third kappa shape index (κ3) is 5.60. The molecule has 0 aromatic rings. The third-order valence-corrected chi connectivity index (χ3v) is 3.42. The molecule has 6 heteroatoms. The summed E-state index contributed by atoms with van der Waals surface area (Å²) in [6.45, 7) is 0.670. The number of alkyl halides is 3. The molecule has 0 spiro atoms. The monoisotopic (exact) mass is 266 g/mol. The van der Waals surface area contributed by atoms with Crippen LogP contribution in [-0.2, 0) is 0 Å². The van der Waals surface area contributed by atoms with E-state index in [4.69, 9.17) is 0 Å². The molecule has 0 aromatic heterocycles. The van der Waals surface area contributed by atoms with Crippen LogP contribution in [0.2, 0.25) is 0 Å². The maximum absolute atomic E-state index is 11.9. The molecular formula is C12H21F3N2O. The molecule has 2 N–H and O–H groups in total. The number of rotatable bonds is 4. The summed E-state index contributed by atoms with van der Waals surface area (Å²) in [7, 11) is 0. The van der Waals surface area contributed by atoms with Crippen molar-refractivity contribution >= 4 is 6.03 Å². The Hall–Kier alpha value is -0.940. The fraction of sp³-hybridized carbons (Fsp3) is 0.917. The van der Waals surface area contributed by atoms with Gasteiger partial charge < -0.3 is 10.6 Å². The summed E-state index contributed by atoms with van der Waals surface area (Å²) >= 11 is 0. The Bertz CT molecular complexity index is 263. The van der Waals surface area contributed by atoms with Gasteiger partial charge in [-0.2, -0.15) is 13.2 Å². The molecule has 2 amide bonds. The standard InChI is InChI=1S/C12H21F3N2O/c1-2-10(9-6-4-3-5-7-9)17-11(18)16-8-12(13,14)15/h9-10H,2-8H2,1H3,(H2,16,17,18). The first-order valence-electron chi connectivity index (χ1n) is 6.53. The summed E-state index contributed by atoms with van der Waals surface area (Å²) in [5, 5.41) is 4.51. The zero-order chi connectivity index (χ0) is 13.6. The SMILES string of the molecule is CCC(NC(=O)NCC(F)(F)F)C1CCCCC1. The van der Waals surface area contributed by atoms with E-state index in [1.54, 1.807) is 0 Å². The van der Waals surface area contributed by atoms with Gasteiger partial charge in [0.1, 0.15) is 6.54 Å².